The van der Waals surface area contributed by atoms with E-state index in [9.17, 15) is 0 Å². The topological polar surface area (TPSA) is 50.5 Å². The SMILES string of the molecule is c1ccc2cc(C3=Nc4cc5ccccc5cc4C(c4cc5ccccc5cn4)=Nc4cc5ccccc5cc43)ncc2c1. The Morgan fingerprint density at radius 3 is 1.02 bits per heavy atom. The molecule has 8 aromatic rings. The van der Waals surface area contributed by atoms with Crippen molar-refractivity contribution in [3.63, 3.8) is 0 Å². The molecule has 2 aromatic heterocycles. The number of rotatable bonds is 2. The van der Waals surface area contributed by atoms with Gasteiger partial charge in [-0.05, 0) is 68.7 Å². The maximum Gasteiger partial charge on any atom is 0.0988 e. The number of pyridine rings is 2. The maximum absolute atomic E-state index is 5.46. The molecule has 4 nitrogen and oxygen atoms in total. The maximum atomic E-state index is 5.46. The van der Waals surface area contributed by atoms with Crippen LogP contribution in [0.5, 0.6) is 0 Å². The van der Waals surface area contributed by atoms with Gasteiger partial charge in [0.2, 0.25) is 0 Å². The summed E-state index contributed by atoms with van der Waals surface area (Å²) < 4.78 is 0. The van der Waals surface area contributed by atoms with Crippen LogP contribution in [0.3, 0.4) is 0 Å². The zero-order chi connectivity index (χ0) is 29.0. The minimum Gasteiger partial charge on any atom is -0.254 e. The highest BCUT2D eigenvalue weighted by molar-refractivity contribution is 6.24. The Labute approximate surface area is 253 Å². The van der Waals surface area contributed by atoms with Crippen molar-refractivity contribution in [3.8, 4) is 0 Å². The Balaban J connectivity index is 1.39. The molecule has 1 aliphatic rings. The molecule has 0 bridgehead atoms. The third-order valence-corrected chi connectivity index (χ3v) is 8.45. The lowest BCUT2D eigenvalue weighted by atomic mass is 9.94. The van der Waals surface area contributed by atoms with Gasteiger partial charge in [-0.3, -0.25) is 9.97 Å². The highest BCUT2D eigenvalue weighted by Gasteiger charge is 2.23. The molecule has 0 aliphatic carbocycles. The summed E-state index contributed by atoms with van der Waals surface area (Å²) in [4.78, 5) is 20.8. The van der Waals surface area contributed by atoms with Crippen molar-refractivity contribution in [2.75, 3.05) is 0 Å². The van der Waals surface area contributed by atoms with Crippen LogP contribution in [0.1, 0.15) is 22.5 Å². The van der Waals surface area contributed by atoms with Crippen molar-refractivity contribution in [1.29, 1.82) is 0 Å². The second-order valence-corrected chi connectivity index (χ2v) is 11.2. The summed E-state index contributed by atoms with van der Waals surface area (Å²) in [6.45, 7) is 0. The Kier molecular flexibility index (Phi) is 5.47. The minimum atomic E-state index is 0.794. The van der Waals surface area contributed by atoms with Crippen LogP contribution < -0.4 is 0 Å². The Bertz CT molecular complexity index is 2330. The van der Waals surface area contributed by atoms with Crippen molar-refractivity contribution in [2.24, 2.45) is 9.98 Å². The van der Waals surface area contributed by atoms with Gasteiger partial charge in [0.15, 0.2) is 0 Å². The number of hydrogen-bond donors (Lipinski definition) is 0. The van der Waals surface area contributed by atoms with Crippen LogP contribution >= 0.6 is 0 Å². The molecular weight excluding hydrogens is 536 g/mol. The monoisotopic (exact) mass is 560 g/mol. The second kappa shape index (κ2) is 9.79. The lowest BCUT2D eigenvalue weighted by Gasteiger charge is -2.19. The fraction of sp³-hybridized carbons (Fsp3) is 0. The van der Waals surface area contributed by atoms with Gasteiger partial charge in [0.25, 0.3) is 0 Å². The van der Waals surface area contributed by atoms with Crippen molar-refractivity contribution < 1.29 is 0 Å². The molecule has 0 N–H and O–H groups in total. The molecule has 44 heavy (non-hydrogen) atoms. The largest absolute Gasteiger partial charge is 0.254 e. The summed E-state index contributed by atoms with van der Waals surface area (Å²) in [6, 6.07) is 46.4. The van der Waals surface area contributed by atoms with E-state index in [0.29, 0.717) is 0 Å². The van der Waals surface area contributed by atoms with Gasteiger partial charge >= 0.3 is 0 Å². The first-order valence-electron chi connectivity index (χ1n) is 14.7. The molecule has 0 spiro atoms. The Morgan fingerprint density at radius 2 is 0.636 bits per heavy atom. The molecule has 0 saturated carbocycles. The van der Waals surface area contributed by atoms with Gasteiger partial charge in [-0.15, -0.1) is 0 Å². The Morgan fingerprint density at radius 1 is 0.318 bits per heavy atom. The van der Waals surface area contributed by atoms with Gasteiger partial charge in [-0.2, -0.15) is 0 Å². The third kappa shape index (κ3) is 4.08. The molecule has 9 rings (SSSR count). The van der Waals surface area contributed by atoms with Gasteiger partial charge in [0, 0.05) is 34.3 Å². The van der Waals surface area contributed by atoms with E-state index in [1.54, 1.807) is 0 Å². The van der Waals surface area contributed by atoms with Crippen LogP contribution in [-0.2, 0) is 0 Å². The molecule has 0 unspecified atom stereocenters. The number of nitrogens with zero attached hydrogens (tertiary/aromatic N) is 4. The molecule has 4 heteroatoms. The summed E-state index contributed by atoms with van der Waals surface area (Å²) in [5.74, 6) is 0. The van der Waals surface area contributed by atoms with Gasteiger partial charge in [-0.25, -0.2) is 9.98 Å². The van der Waals surface area contributed by atoms with Gasteiger partial charge in [0.1, 0.15) is 0 Å². The lowest BCUT2D eigenvalue weighted by Crippen LogP contribution is -2.12. The van der Waals surface area contributed by atoms with Crippen LogP contribution in [-0.4, -0.2) is 21.4 Å². The zero-order valence-corrected chi connectivity index (χ0v) is 23.6. The fourth-order valence-corrected chi connectivity index (χ4v) is 6.20. The summed E-state index contributed by atoms with van der Waals surface area (Å²) in [5.41, 5.74) is 6.74. The van der Waals surface area contributed by atoms with Crippen molar-refractivity contribution >= 4 is 65.9 Å². The molecule has 0 atom stereocenters. The standard InChI is InChI=1S/C40H24N4/c1-3-11-27-19-35-33(17-25(27)9-1)39(37-21-29-13-5-7-15-31(29)23-41-37)44-36-20-28-12-4-2-10-26(28)18-34(36)40(43-35)38-22-30-14-6-8-16-32(30)24-42-38/h1-24H. The minimum absolute atomic E-state index is 0.794. The normalized spacial score (nSPS) is 12.8. The van der Waals surface area contributed by atoms with Gasteiger partial charge < -0.3 is 0 Å². The smallest absolute Gasteiger partial charge is 0.0988 e. The fourth-order valence-electron chi connectivity index (χ4n) is 6.20. The summed E-state index contributed by atoms with van der Waals surface area (Å²) in [6.07, 6.45) is 3.86. The summed E-state index contributed by atoms with van der Waals surface area (Å²) in [7, 11) is 0. The van der Waals surface area contributed by atoms with E-state index in [-0.39, 0.29) is 0 Å². The molecule has 0 radical (unpaired) electrons. The number of hydrogen-bond acceptors (Lipinski definition) is 4. The number of aliphatic imine (C=N–C) groups is 2. The summed E-state index contributed by atoms with van der Waals surface area (Å²) >= 11 is 0. The molecule has 3 heterocycles. The molecule has 0 saturated heterocycles. The molecule has 204 valence electrons. The van der Waals surface area contributed by atoms with E-state index >= 15 is 0 Å². The Hall–Kier alpha value is -6.00. The van der Waals surface area contributed by atoms with E-state index in [1.165, 1.54) is 0 Å². The van der Waals surface area contributed by atoms with Crippen LogP contribution in [0.2, 0.25) is 0 Å². The molecule has 0 fully saturated rings. The third-order valence-electron chi connectivity index (χ3n) is 8.45. The quantitative estimate of drug-likeness (QED) is 0.211. The predicted octanol–water partition coefficient (Wildman–Crippen LogP) is 9.74. The van der Waals surface area contributed by atoms with Crippen molar-refractivity contribution in [2.45, 2.75) is 0 Å². The van der Waals surface area contributed by atoms with E-state index in [2.05, 4.69) is 121 Å². The summed E-state index contributed by atoms with van der Waals surface area (Å²) in [5, 5.41) is 8.91. The van der Waals surface area contributed by atoms with E-state index in [0.717, 1.165) is 88.4 Å². The van der Waals surface area contributed by atoms with E-state index in [4.69, 9.17) is 20.0 Å². The number of aromatic nitrogens is 2. The molecule has 1 aliphatic heterocycles. The van der Waals surface area contributed by atoms with E-state index in [1.807, 2.05) is 24.5 Å². The van der Waals surface area contributed by atoms with Gasteiger partial charge in [0.05, 0.1) is 34.2 Å². The first kappa shape index (κ1) is 24.6. The van der Waals surface area contributed by atoms with Crippen LogP contribution in [0.15, 0.2) is 156 Å². The van der Waals surface area contributed by atoms with Crippen molar-refractivity contribution in [1.82, 2.24) is 9.97 Å². The number of benzene rings is 6. The zero-order valence-electron chi connectivity index (χ0n) is 23.6. The average molecular weight is 561 g/mol. The average Bonchev–Trinajstić information content (AvgIpc) is 3.08. The molecule has 0 amide bonds. The molecular formula is C40H24N4. The molecule has 6 aromatic carbocycles. The first-order valence-corrected chi connectivity index (χ1v) is 14.7. The highest BCUT2D eigenvalue weighted by atomic mass is 14.9. The van der Waals surface area contributed by atoms with Crippen LogP contribution in [0.4, 0.5) is 11.4 Å². The van der Waals surface area contributed by atoms with E-state index < -0.39 is 0 Å². The predicted molar refractivity (Wildman–Crippen MR) is 182 cm³/mol. The van der Waals surface area contributed by atoms with Gasteiger partial charge in [-0.1, -0.05) is 97.1 Å². The first-order chi connectivity index (χ1) is 21.8. The lowest BCUT2D eigenvalue weighted by molar-refractivity contribution is 1.29. The van der Waals surface area contributed by atoms with Crippen LogP contribution in [0.25, 0.3) is 43.1 Å². The van der Waals surface area contributed by atoms with Crippen LogP contribution in [0, 0.1) is 0 Å². The second-order valence-electron chi connectivity index (χ2n) is 11.2. The highest BCUT2D eigenvalue weighted by Crippen LogP contribution is 2.37. The van der Waals surface area contributed by atoms with Crippen molar-refractivity contribution in [3.05, 3.63) is 168 Å². The number of fused-ring (bicyclic) bond motifs is 6.